The van der Waals surface area contributed by atoms with E-state index in [1.54, 1.807) is 42.0 Å². The van der Waals surface area contributed by atoms with Crippen LogP contribution in [0.1, 0.15) is 16.1 Å². The van der Waals surface area contributed by atoms with E-state index in [4.69, 9.17) is 0 Å². The van der Waals surface area contributed by atoms with Crippen LogP contribution < -0.4 is 0 Å². The van der Waals surface area contributed by atoms with Gasteiger partial charge in [0.05, 0.1) is 10.5 Å². The first-order chi connectivity index (χ1) is 10.8. The van der Waals surface area contributed by atoms with Gasteiger partial charge in [0.2, 0.25) is 0 Å². The minimum atomic E-state index is -3.28. The van der Waals surface area contributed by atoms with Gasteiger partial charge >= 0.3 is 5.97 Å². The number of hydrogen-bond donors (Lipinski definition) is 1. The predicted molar refractivity (Wildman–Crippen MR) is 85.9 cm³/mol. The monoisotopic (exact) mass is 330 g/mol. The summed E-state index contributed by atoms with van der Waals surface area (Å²) in [4.78, 5) is 16.0. The summed E-state index contributed by atoms with van der Waals surface area (Å²) in [7, 11) is -3.28. The van der Waals surface area contributed by atoms with Gasteiger partial charge in [0.1, 0.15) is 5.65 Å². The Morgan fingerprint density at radius 1 is 1.17 bits per heavy atom. The van der Waals surface area contributed by atoms with Gasteiger partial charge in [0.15, 0.2) is 9.84 Å². The highest BCUT2D eigenvalue weighted by Gasteiger charge is 2.21. The maximum atomic E-state index is 11.6. The number of aromatic nitrogens is 2. The second-order valence-electron chi connectivity index (χ2n) is 5.24. The molecular weight excluding hydrogens is 316 g/mol. The van der Waals surface area contributed by atoms with Gasteiger partial charge in [-0.1, -0.05) is 0 Å². The van der Waals surface area contributed by atoms with Gasteiger partial charge in [0.25, 0.3) is 0 Å². The molecule has 0 saturated carbocycles. The molecule has 6 nitrogen and oxygen atoms in total. The van der Waals surface area contributed by atoms with Crippen molar-refractivity contribution >= 4 is 26.8 Å². The molecule has 1 aromatic carbocycles. The van der Waals surface area contributed by atoms with Crippen LogP contribution in [-0.4, -0.2) is 35.3 Å². The van der Waals surface area contributed by atoms with E-state index in [-0.39, 0.29) is 10.5 Å². The van der Waals surface area contributed by atoms with Crippen molar-refractivity contribution in [1.29, 1.82) is 0 Å². The van der Waals surface area contributed by atoms with E-state index in [0.29, 0.717) is 22.4 Å². The molecular formula is C16H14N2O4S. The van der Waals surface area contributed by atoms with Gasteiger partial charge in [0, 0.05) is 29.2 Å². The van der Waals surface area contributed by atoms with Crippen molar-refractivity contribution in [2.75, 3.05) is 6.26 Å². The number of sulfone groups is 1. The Bertz CT molecular complexity index is 1020. The summed E-state index contributed by atoms with van der Waals surface area (Å²) in [5.74, 6) is -1.02. The normalized spacial score (nSPS) is 11.7. The van der Waals surface area contributed by atoms with E-state index in [0.717, 1.165) is 6.26 Å². The van der Waals surface area contributed by atoms with Crippen LogP contribution in [0.5, 0.6) is 0 Å². The minimum absolute atomic E-state index is 0.195. The first kappa shape index (κ1) is 15.2. The molecule has 0 aliphatic heterocycles. The van der Waals surface area contributed by atoms with Crippen LogP contribution >= 0.6 is 0 Å². The highest BCUT2D eigenvalue weighted by atomic mass is 32.2. The molecule has 0 unspecified atom stereocenters. The lowest BCUT2D eigenvalue weighted by molar-refractivity contribution is 0.0698. The number of benzene rings is 1. The van der Waals surface area contributed by atoms with Crippen molar-refractivity contribution in [3.05, 3.63) is 53.9 Å². The van der Waals surface area contributed by atoms with E-state index >= 15 is 0 Å². The van der Waals surface area contributed by atoms with E-state index < -0.39 is 15.8 Å². The van der Waals surface area contributed by atoms with Gasteiger partial charge in [-0.25, -0.2) is 18.2 Å². The molecule has 118 valence electrons. The molecule has 0 aliphatic rings. The van der Waals surface area contributed by atoms with E-state index in [1.165, 1.54) is 12.1 Å². The summed E-state index contributed by atoms with van der Waals surface area (Å²) in [6.07, 6.45) is 2.73. The van der Waals surface area contributed by atoms with Crippen molar-refractivity contribution in [2.24, 2.45) is 0 Å². The average molecular weight is 330 g/mol. The van der Waals surface area contributed by atoms with Gasteiger partial charge in [-0.15, -0.1) is 0 Å². The molecule has 23 heavy (non-hydrogen) atoms. The van der Waals surface area contributed by atoms with Crippen LogP contribution in [-0.2, 0) is 9.84 Å². The van der Waals surface area contributed by atoms with Crippen LogP contribution in [0.3, 0.4) is 0 Å². The molecule has 3 aromatic rings. The Labute approximate surface area is 132 Å². The Morgan fingerprint density at radius 3 is 2.39 bits per heavy atom. The molecule has 0 spiro atoms. The van der Waals surface area contributed by atoms with Gasteiger partial charge in [-0.05, 0) is 43.3 Å². The molecule has 0 radical (unpaired) electrons. The summed E-state index contributed by atoms with van der Waals surface area (Å²) in [6.45, 7) is 1.70. The fraction of sp³-hybridized carbons (Fsp3) is 0.125. The number of carboxylic acids is 1. The minimum Gasteiger partial charge on any atom is -0.478 e. The summed E-state index contributed by atoms with van der Waals surface area (Å²) in [5, 5.41) is 10.0. The number of carbonyl (C=O) groups is 1. The van der Waals surface area contributed by atoms with Crippen LogP contribution in [0.25, 0.3) is 16.7 Å². The number of nitrogens with zero attached hydrogens (tertiary/aromatic N) is 2. The van der Waals surface area contributed by atoms with E-state index in [9.17, 15) is 18.3 Å². The molecule has 1 N–H and O–H groups in total. The van der Waals surface area contributed by atoms with Crippen molar-refractivity contribution in [3.8, 4) is 5.69 Å². The summed E-state index contributed by atoms with van der Waals surface area (Å²) < 4.78 is 24.8. The van der Waals surface area contributed by atoms with Crippen LogP contribution in [0.15, 0.2) is 47.5 Å². The standard InChI is InChI=1S/C16H14N2O4S/c1-10-14(16(19)20)13-4-3-9-17-15(13)18(10)11-5-7-12(8-6-11)23(2,21)22/h3-9H,1-2H3,(H,19,20). The number of rotatable bonds is 3. The number of fused-ring (bicyclic) bond motifs is 1. The Balaban J connectivity index is 2.29. The second kappa shape index (κ2) is 5.20. The number of aromatic carboxylic acids is 1. The highest BCUT2D eigenvalue weighted by molar-refractivity contribution is 7.90. The fourth-order valence-corrected chi connectivity index (χ4v) is 3.29. The van der Waals surface area contributed by atoms with Crippen LogP contribution in [0.2, 0.25) is 0 Å². The highest BCUT2D eigenvalue weighted by Crippen LogP contribution is 2.28. The number of carboxylic acid groups (broad SMARTS) is 1. The molecule has 0 bridgehead atoms. The molecule has 0 aliphatic carbocycles. The molecule has 0 atom stereocenters. The number of hydrogen-bond acceptors (Lipinski definition) is 4. The molecule has 3 rings (SSSR count). The Morgan fingerprint density at radius 2 is 1.83 bits per heavy atom. The zero-order valence-electron chi connectivity index (χ0n) is 12.5. The van der Waals surface area contributed by atoms with Crippen molar-refractivity contribution in [2.45, 2.75) is 11.8 Å². The van der Waals surface area contributed by atoms with Gasteiger partial charge < -0.3 is 5.11 Å². The van der Waals surface area contributed by atoms with Crippen molar-refractivity contribution in [3.63, 3.8) is 0 Å². The van der Waals surface area contributed by atoms with Crippen molar-refractivity contribution < 1.29 is 18.3 Å². The van der Waals surface area contributed by atoms with E-state index in [2.05, 4.69) is 4.98 Å². The van der Waals surface area contributed by atoms with E-state index in [1.807, 2.05) is 0 Å². The molecule has 0 saturated heterocycles. The summed E-state index contributed by atoms with van der Waals surface area (Å²) >= 11 is 0. The maximum absolute atomic E-state index is 11.6. The topological polar surface area (TPSA) is 89.3 Å². The Kier molecular flexibility index (Phi) is 3.45. The average Bonchev–Trinajstić information content (AvgIpc) is 2.78. The third-order valence-corrected chi connectivity index (χ3v) is 4.83. The lowest BCUT2D eigenvalue weighted by Gasteiger charge is -2.08. The smallest absolute Gasteiger partial charge is 0.338 e. The van der Waals surface area contributed by atoms with Crippen molar-refractivity contribution in [1.82, 2.24) is 9.55 Å². The predicted octanol–water partition coefficient (Wildman–Crippen LogP) is 2.44. The molecule has 2 heterocycles. The summed E-state index contributed by atoms with van der Waals surface area (Å²) in [6, 6.07) is 9.68. The second-order valence-corrected chi connectivity index (χ2v) is 7.26. The lowest BCUT2D eigenvalue weighted by Crippen LogP contribution is -2.03. The van der Waals surface area contributed by atoms with Gasteiger partial charge in [-0.2, -0.15) is 0 Å². The molecule has 7 heteroatoms. The van der Waals surface area contributed by atoms with Gasteiger partial charge in [-0.3, -0.25) is 4.57 Å². The largest absolute Gasteiger partial charge is 0.478 e. The molecule has 2 aromatic heterocycles. The summed E-state index contributed by atoms with van der Waals surface area (Å²) in [5.41, 5.74) is 1.92. The quantitative estimate of drug-likeness (QED) is 0.796. The zero-order valence-corrected chi connectivity index (χ0v) is 13.3. The molecule has 0 fully saturated rings. The SMILES string of the molecule is Cc1c(C(=O)O)c2cccnc2n1-c1ccc(S(C)(=O)=O)cc1. The third-order valence-electron chi connectivity index (χ3n) is 3.70. The first-order valence-electron chi connectivity index (χ1n) is 6.80. The van der Waals surface area contributed by atoms with Crippen LogP contribution in [0.4, 0.5) is 0 Å². The first-order valence-corrected chi connectivity index (χ1v) is 8.69. The molecule has 0 amide bonds. The van der Waals surface area contributed by atoms with Crippen LogP contribution in [0, 0.1) is 6.92 Å². The number of pyridine rings is 1. The third kappa shape index (κ3) is 2.49. The maximum Gasteiger partial charge on any atom is 0.338 e. The Hall–Kier alpha value is -2.67. The fourth-order valence-electron chi connectivity index (χ4n) is 2.66. The zero-order chi connectivity index (χ0) is 16.8. The lowest BCUT2D eigenvalue weighted by atomic mass is 10.2.